The molecule has 0 aliphatic heterocycles. The zero-order valence-corrected chi connectivity index (χ0v) is 6.69. The van der Waals surface area contributed by atoms with E-state index < -0.39 is 0 Å². The van der Waals surface area contributed by atoms with Gasteiger partial charge in [0.2, 0.25) is 0 Å². The molecule has 0 aromatic carbocycles. The van der Waals surface area contributed by atoms with Crippen LogP contribution >= 0.6 is 11.3 Å². The fourth-order valence-electron chi connectivity index (χ4n) is 0.715. The average Bonchev–Trinajstić information content (AvgIpc) is 2.31. The van der Waals surface area contributed by atoms with Gasteiger partial charge >= 0.3 is 0 Å². The van der Waals surface area contributed by atoms with Gasteiger partial charge in [0.15, 0.2) is 0 Å². The van der Waals surface area contributed by atoms with Gasteiger partial charge in [0.25, 0.3) is 0 Å². The Hall–Kier alpha value is -0.600. The summed E-state index contributed by atoms with van der Waals surface area (Å²) in [7, 11) is 0. The van der Waals surface area contributed by atoms with Crippen LogP contribution in [0, 0.1) is 6.92 Å². The fourth-order valence-corrected chi connectivity index (χ4v) is 1.56. The van der Waals surface area contributed by atoms with E-state index in [4.69, 9.17) is 5.11 Å². The Morgan fingerprint density at radius 1 is 1.70 bits per heavy atom. The molecule has 1 aromatic heterocycles. The van der Waals surface area contributed by atoms with Gasteiger partial charge in [-0.05, 0) is 30.0 Å². The number of hydrogen-bond acceptors (Lipinski definition) is 2. The highest BCUT2D eigenvalue weighted by atomic mass is 32.1. The second kappa shape index (κ2) is 3.54. The van der Waals surface area contributed by atoms with E-state index in [-0.39, 0.29) is 6.61 Å². The van der Waals surface area contributed by atoms with E-state index in [0.717, 1.165) is 0 Å². The molecule has 0 amide bonds. The molecule has 1 nitrogen and oxygen atoms in total. The van der Waals surface area contributed by atoms with Crippen LogP contribution in [-0.2, 0) is 0 Å². The van der Waals surface area contributed by atoms with E-state index in [2.05, 4.69) is 13.0 Å². The third kappa shape index (κ3) is 1.69. The van der Waals surface area contributed by atoms with Gasteiger partial charge in [0.05, 0.1) is 6.61 Å². The maximum Gasteiger partial charge on any atom is 0.0615 e. The molecule has 1 aromatic rings. The average molecular weight is 154 g/mol. The normalized spacial score (nSPS) is 11.0. The Morgan fingerprint density at radius 2 is 2.50 bits per heavy atom. The lowest BCUT2D eigenvalue weighted by Crippen LogP contribution is -1.71. The summed E-state index contributed by atoms with van der Waals surface area (Å²) >= 11 is 1.69. The van der Waals surface area contributed by atoms with Gasteiger partial charge in [-0.15, -0.1) is 11.3 Å². The van der Waals surface area contributed by atoms with Crippen molar-refractivity contribution in [2.45, 2.75) is 6.92 Å². The molecule has 0 fully saturated rings. The number of aliphatic hydroxyl groups is 1. The summed E-state index contributed by atoms with van der Waals surface area (Å²) in [6.07, 6.45) is 3.69. The number of hydrogen-bond donors (Lipinski definition) is 1. The maximum absolute atomic E-state index is 8.47. The minimum Gasteiger partial charge on any atom is -0.392 e. The van der Waals surface area contributed by atoms with E-state index in [1.807, 2.05) is 11.5 Å². The first-order chi connectivity index (χ1) is 4.84. The van der Waals surface area contributed by atoms with Crippen LogP contribution in [0.4, 0.5) is 0 Å². The van der Waals surface area contributed by atoms with Crippen LogP contribution in [-0.4, -0.2) is 11.7 Å². The molecule has 0 radical (unpaired) electrons. The largest absolute Gasteiger partial charge is 0.392 e. The van der Waals surface area contributed by atoms with Crippen LogP contribution < -0.4 is 0 Å². The second-order valence-electron chi connectivity index (χ2n) is 2.05. The van der Waals surface area contributed by atoms with Crippen molar-refractivity contribution in [3.8, 4) is 0 Å². The van der Waals surface area contributed by atoms with Crippen LogP contribution in [0.5, 0.6) is 0 Å². The first kappa shape index (κ1) is 7.51. The molecule has 0 spiro atoms. The fraction of sp³-hybridized carbons (Fsp3) is 0.250. The van der Waals surface area contributed by atoms with Crippen molar-refractivity contribution >= 4 is 17.4 Å². The number of aliphatic hydroxyl groups excluding tert-OH is 1. The Kier molecular flexibility index (Phi) is 2.66. The van der Waals surface area contributed by atoms with Crippen LogP contribution in [0.3, 0.4) is 0 Å². The zero-order chi connectivity index (χ0) is 7.40. The van der Waals surface area contributed by atoms with Crippen molar-refractivity contribution in [3.63, 3.8) is 0 Å². The van der Waals surface area contributed by atoms with Gasteiger partial charge in [0, 0.05) is 4.88 Å². The molecular formula is C8H10OS. The molecule has 0 aliphatic carbocycles. The third-order valence-electron chi connectivity index (χ3n) is 1.28. The molecule has 1 N–H and O–H groups in total. The summed E-state index contributed by atoms with van der Waals surface area (Å²) in [6, 6.07) is 2.07. The highest BCUT2D eigenvalue weighted by Crippen LogP contribution is 2.16. The quantitative estimate of drug-likeness (QED) is 0.691. The maximum atomic E-state index is 8.47. The summed E-state index contributed by atoms with van der Waals surface area (Å²) in [6.45, 7) is 2.19. The molecule has 0 saturated carbocycles. The van der Waals surface area contributed by atoms with Crippen molar-refractivity contribution < 1.29 is 5.11 Å². The van der Waals surface area contributed by atoms with Crippen LogP contribution in [0.15, 0.2) is 17.5 Å². The standard InChI is InChI=1S/C8H10OS/c1-7-4-6-10-8(7)3-2-5-9/h2-4,6,9H,5H2,1H3/b3-2+. The first-order valence-electron chi connectivity index (χ1n) is 3.16. The van der Waals surface area contributed by atoms with Crippen LogP contribution in [0.1, 0.15) is 10.4 Å². The van der Waals surface area contributed by atoms with Crippen molar-refractivity contribution in [2.24, 2.45) is 0 Å². The topological polar surface area (TPSA) is 20.2 Å². The van der Waals surface area contributed by atoms with Crippen molar-refractivity contribution in [3.05, 3.63) is 28.0 Å². The SMILES string of the molecule is Cc1ccsc1/C=C/CO. The lowest BCUT2D eigenvalue weighted by Gasteiger charge is -1.86. The van der Waals surface area contributed by atoms with Crippen molar-refractivity contribution in [1.29, 1.82) is 0 Å². The summed E-state index contributed by atoms with van der Waals surface area (Å²) < 4.78 is 0. The van der Waals surface area contributed by atoms with Gasteiger partial charge in [-0.25, -0.2) is 0 Å². The van der Waals surface area contributed by atoms with E-state index in [9.17, 15) is 0 Å². The molecule has 10 heavy (non-hydrogen) atoms. The lowest BCUT2D eigenvalue weighted by molar-refractivity contribution is 0.343. The highest BCUT2D eigenvalue weighted by Gasteiger charge is 1.91. The van der Waals surface area contributed by atoms with Crippen LogP contribution in [0.25, 0.3) is 6.08 Å². The van der Waals surface area contributed by atoms with Crippen LogP contribution in [0.2, 0.25) is 0 Å². The summed E-state index contributed by atoms with van der Waals surface area (Å²) in [5.74, 6) is 0. The Bertz CT molecular complexity index is 225. The summed E-state index contributed by atoms with van der Waals surface area (Å²) in [4.78, 5) is 1.23. The molecule has 54 valence electrons. The van der Waals surface area contributed by atoms with Gasteiger partial charge < -0.3 is 5.11 Å². The Labute approximate surface area is 64.6 Å². The predicted octanol–water partition coefficient (Wildman–Crippen LogP) is 2.06. The van der Waals surface area contributed by atoms with E-state index in [1.165, 1.54) is 10.4 Å². The predicted molar refractivity (Wildman–Crippen MR) is 45.2 cm³/mol. The molecule has 1 heterocycles. The van der Waals surface area contributed by atoms with Gasteiger partial charge in [-0.1, -0.05) is 6.08 Å². The van der Waals surface area contributed by atoms with Gasteiger partial charge in [-0.2, -0.15) is 0 Å². The number of aryl methyl sites for hydroxylation is 1. The van der Waals surface area contributed by atoms with Crippen molar-refractivity contribution in [2.75, 3.05) is 6.61 Å². The summed E-state index contributed by atoms with van der Waals surface area (Å²) in [5, 5.41) is 10.5. The molecule has 2 heteroatoms. The minimum atomic E-state index is 0.122. The molecule has 0 saturated heterocycles. The molecule has 0 bridgehead atoms. The number of thiophene rings is 1. The molecule has 0 aliphatic rings. The molecule has 0 atom stereocenters. The third-order valence-corrected chi connectivity index (χ3v) is 2.26. The van der Waals surface area contributed by atoms with E-state index in [0.29, 0.717) is 0 Å². The molecule has 1 rings (SSSR count). The number of rotatable bonds is 2. The highest BCUT2D eigenvalue weighted by molar-refractivity contribution is 7.11. The van der Waals surface area contributed by atoms with Crippen molar-refractivity contribution in [1.82, 2.24) is 0 Å². The molecule has 0 unspecified atom stereocenters. The van der Waals surface area contributed by atoms with Gasteiger partial charge in [0.1, 0.15) is 0 Å². The van der Waals surface area contributed by atoms with Gasteiger partial charge in [-0.3, -0.25) is 0 Å². The first-order valence-corrected chi connectivity index (χ1v) is 4.04. The second-order valence-corrected chi connectivity index (χ2v) is 3.00. The zero-order valence-electron chi connectivity index (χ0n) is 5.87. The minimum absolute atomic E-state index is 0.122. The smallest absolute Gasteiger partial charge is 0.0615 e. The molecular weight excluding hydrogens is 144 g/mol. The Morgan fingerprint density at radius 3 is 3.00 bits per heavy atom. The van der Waals surface area contributed by atoms with E-state index in [1.54, 1.807) is 17.4 Å². The lowest BCUT2D eigenvalue weighted by atomic mass is 10.3. The summed E-state index contributed by atoms with van der Waals surface area (Å²) in [5.41, 5.74) is 1.27. The van der Waals surface area contributed by atoms with E-state index >= 15 is 0 Å². The Balaban J connectivity index is 2.74. The monoisotopic (exact) mass is 154 g/mol.